The van der Waals surface area contributed by atoms with Gasteiger partial charge >= 0.3 is 0 Å². The van der Waals surface area contributed by atoms with Crippen LogP contribution in [-0.4, -0.2) is 38.8 Å². The van der Waals surface area contributed by atoms with Gasteiger partial charge in [-0.3, -0.25) is 9.89 Å². The van der Waals surface area contributed by atoms with Crippen molar-refractivity contribution in [3.8, 4) is 0 Å². The molecule has 0 aliphatic carbocycles. The molecule has 0 aliphatic heterocycles. The zero-order valence-electron chi connectivity index (χ0n) is 13.3. The van der Waals surface area contributed by atoms with E-state index < -0.39 is 0 Å². The third-order valence-electron chi connectivity index (χ3n) is 3.45. The minimum Gasteiger partial charge on any atom is -0.341 e. The lowest BCUT2D eigenvalue weighted by atomic mass is 10.1. The monoisotopic (exact) mass is 318 g/mol. The van der Waals surface area contributed by atoms with Crippen molar-refractivity contribution in [2.45, 2.75) is 38.4 Å². The van der Waals surface area contributed by atoms with Gasteiger partial charge in [-0.05, 0) is 17.5 Å². The third kappa shape index (κ3) is 4.59. The Morgan fingerprint density at radius 2 is 1.86 bits per heavy atom. The molecule has 0 radical (unpaired) electrons. The van der Waals surface area contributed by atoms with Crippen molar-refractivity contribution in [2.75, 3.05) is 12.8 Å². The first kappa shape index (κ1) is 16.5. The van der Waals surface area contributed by atoms with E-state index in [0.717, 1.165) is 24.2 Å². The summed E-state index contributed by atoms with van der Waals surface area (Å²) in [6.45, 7) is 4.77. The Hall–Kier alpha value is -1.82. The molecule has 0 fully saturated rings. The lowest BCUT2D eigenvalue weighted by Crippen LogP contribution is -2.27. The highest BCUT2D eigenvalue weighted by Crippen LogP contribution is 2.14. The highest BCUT2D eigenvalue weighted by molar-refractivity contribution is 7.99. The Balaban J connectivity index is 1.83. The van der Waals surface area contributed by atoms with E-state index in [1.165, 1.54) is 17.3 Å². The second kappa shape index (κ2) is 7.98. The SMILES string of the molecule is CCc1ccc(CN(C)C(=O)CSc2n[nH]c(CC)n2)cc1. The molecule has 0 saturated carbocycles. The van der Waals surface area contributed by atoms with Crippen molar-refractivity contribution in [2.24, 2.45) is 0 Å². The molecule has 1 heterocycles. The molecular formula is C16H22N4OS. The summed E-state index contributed by atoms with van der Waals surface area (Å²) in [5.74, 6) is 1.27. The average Bonchev–Trinajstić information content (AvgIpc) is 3.01. The van der Waals surface area contributed by atoms with Crippen LogP contribution in [0.5, 0.6) is 0 Å². The van der Waals surface area contributed by atoms with Crippen molar-refractivity contribution in [1.82, 2.24) is 20.1 Å². The van der Waals surface area contributed by atoms with Gasteiger partial charge in [-0.15, -0.1) is 5.10 Å². The van der Waals surface area contributed by atoms with Crippen LogP contribution in [0.4, 0.5) is 0 Å². The number of H-pyrrole nitrogens is 1. The van der Waals surface area contributed by atoms with E-state index in [-0.39, 0.29) is 5.91 Å². The molecular weight excluding hydrogens is 296 g/mol. The predicted octanol–water partition coefficient (Wildman–Crippen LogP) is 2.68. The highest BCUT2D eigenvalue weighted by atomic mass is 32.2. The summed E-state index contributed by atoms with van der Waals surface area (Å²) >= 11 is 1.37. The first-order valence-corrected chi connectivity index (χ1v) is 8.46. The van der Waals surface area contributed by atoms with E-state index in [1.807, 2.05) is 14.0 Å². The van der Waals surface area contributed by atoms with Crippen LogP contribution in [0.15, 0.2) is 29.4 Å². The van der Waals surface area contributed by atoms with Crippen molar-refractivity contribution < 1.29 is 4.79 Å². The maximum Gasteiger partial charge on any atom is 0.233 e. The van der Waals surface area contributed by atoms with Gasteiger partial charge in [0.25, 0.3) is 0 Å². The number of rotatable bonds is 7. The van der Waals surface area contributed by atoms with Gasteiger partial charge in [-0.25, -0.2) is 4.98 Å². The van der Waals surface area contributed by atoms with Crippen LogP contribution >= 0.6 is 11.8 Å². The smallest absolute Gasteiger partial charge is 0.233 e. The lowest BCUT2D eigenvalue weighted by molar-refractivity contribution is -0.127. The summed E-state index contributed by atoms with van der Waals surface area (Å²) in [5, 5.41) is 7.56. The van der Waals surface area contributed by atoms with Gasteiger partial charge in [-0.1, -0.05) is 49.9 Å². The molecule has 6 heteroatoms. The molecule has 0 atom stereocenters. The summed E-state index contributed by atoms with van der Waals surface area (Å²) in [7, 11) is 1.83. The minimum atomic E-state index is 0.0763. The molecule has 0 unspecified atom stereocenters. The fourth-order valence-corrected chi connectivity index (χ4v) is 2.74. The zero-order chi connectivity index (χ0) is 15.9. The Bertz CT molecular complexity index is 609. The topological polar surface area (TPSA) is 61.9 Å². The number of aromatic amines is 1. The molecule has 1 N–H and O–H groups in total. The van der Waals surface area contributed by atoms with E-state index in [1.54, 1.807) is 4.90 Å². The van der Waals surface area contributed by atoms with Crippen LogP contribution in [0.1, 0.15) is 30.8 Å². The van der Waals surface area contributed by atoms with Crippen LogP contribution in [-0.2, 0) is 24.2 Å². The normalized spacial score (nSPS) is 10.7. The Kier molecular flexibility index (Phi) is 6.00. The first-order valence-electron chi connectivity index (χ1n) is 7.48. The van der Waals surface area contributed by atoms with Crippen LogP contribution in [0.2, 0.25) is 0 Å². The van der Waals surface area contributed by atoms with Crippen molar-refractivity contribution in [3.05, 3.63) is 41.2 Å². The maximum atomic E-state index is 12.2. The molecule has 0 bridgehead atoms. The number of aromatic nitrogens is 3. The van der Waals surface area contributed by atoms with Gasteiger partial charge in [0, 0.05) is 20.0 Å². The number of thioether (sulfide) groups is 1. The van der Waals surface area contributed by atoms with Crippen LogP contribution < -0.4 is 0 Å². The number of hydrogen-bond acceptors (Lipinski definition) is 4. The van der Waals surface area contributed by atoms with Gasteiger partial charge in [-0.2, -0.15) is 0 Å². The molecule has 118 valence electrons. The number of nitrogens with one attached hydrogen (secondary N) is 1. The van der Waals surface area contributed by atoms with Gasteiger partial charge in [0.05, 0.1) is 5.75 Å². The Morgan fingerprint density at radius 3 is 2.45 bits per heavy atom. The van der Waals surface area contributed by atoms with Crippen LogP contribution in [0, 0.1) is 0 Å². The van der Waals surface area contributed by atoms with Gasteiger partial charge in [0.15, 0.2) is 0 Å². The molecule has 1 aromatic heterocycles. The Labute approximate surface area is 135 Å². The number of amides is 1. The summed E-state index contributed by atoms with van der Waals surface area (Å²) in [5.41, 5.74) is 2.45. The quantitative estimate of drug-likeness (QED) is 0.797. The van der Waals surface area contributed by atoms with Crippen molar-refractivity contribution in [1.29, 1.82) is 0 Å². The van der Waals surface area contributed by atoms with Crippen LogP contribution in [0.3, 0.4) is 0 Å². The third-order valence-corrected chi connectivity index (χ3v) is 4.28. The summed E-state index contributed by atoms with van der Waals surface area (Å²) in [6.07, 6.45) is 1.84. The Morgan fingerprint density at radius 1 is 1.18 bits per heavy atom. The average molecular weight is 318 g/mol. The maximum absolute atomic E-state index is 12.2. The van der Waals surface area contributed by atoms with Crippen LogP contribution in [0.25, 0.3) is 0 Å². The molecule has 1 amide bonds. The predicted molar refractivity (Wildman–Crippen MR) is 88.8 cm³/mol. The van der Waals surface area contributed by atoms with Gasteiger partial charge in [0.1, 0.15) is 5.82 Å². The second-order valence-electron chi connectivity index (χ2n) is 5.13. The number of aryl methyl sites for hydroxylation is 2. The standard InChI is InChI=1S/C16H22N4OS/c1-4-12-6-8-13(9-7-12)10-20(3)15(21)11-22-16-17-14(5-2)18-19-16/h6-9H,4-5,10-11H2,1-3H3,(H,17,18,19). The van der Waals surface area contributed by atoms with Crippen molar-refractivity contribution >= 4 is 17.7 Å². The summed E-state index contributed by atoms with van der Waals surface area (Å²) in [4.78, 5) is 18.2. The van der Waals surface area contributed by atoms with E-state index >= 15 is 0 Å². The summed E-state index contributed by atoms with van der Waals surface area (Å²) < 4.78 is 0. The fraction of sp³-hybridized carbons (Fsp3) is 0.438. The molecule has 0 aliphatic rings. The molecule has 2 aromatic rings. The molecule has 2 rings (SSSR count). The van der Waals surface area contributed by atoms with E-state index in [0.29, 0.717) is 17.5 Å². The van der Waals surface area contributed by atoms with E-state index in [2.05, 4.69) is 46.4 Å². The molecule has 22 heavy (non-hydrogen) atoms. The number of carbonyl (C=O) groups excluding carboxylic acids is 1. The number of nitrogens with zero attached hydrogens (tertiary/aromatic N) is 3. The number of hydrogen-bond donors (Lipinski definition) is 1. The van der Waals surface area contributed by atoms with E-state index in [9.17, 15) is 4.79 Å². The van der Waals surface area contributed by atoms with Crippen molar-refractivity contribution in [3.63, 3.8) is 0 Å². The largest absolute Gasteiger partial charge is 0.341 e. The fourth-order valence-electron chi connectivity index (χ4n) is 1.98. The van der Waals surface area contributed by atoms with Gasteiger partial charge in [0.2, 0.25) is 11.1 Å². The molecule has 1 aromatic carbocycles. The molecule has 0 saturated heterocycles. The summed E-state index contributed by atoms with van der Waals surface area (Å²) in [6, 6.07) is 8.39. The minimum absolute atomic E-state index is 0.0763. The number of carbonyl (C=O) groups is 1. The second-order valence-corrected chi connectivity index (χ2v) is 6.07. The molecule has 0 spiro atoms. The zero-order valence-corrected chi connectivity index (χ0v) is 14.1. The van der Waals surface area contributed by atoms with E-state index in [4.69, 9.17) is 0 Å². The molecule has 5 nitrogen and oxygen atoms in total. The number of benzene rings is 1. The highest BCUT2D eigenvalue weighted by Gasteiger charge is 2.12. The van der Waals surface area contributed by atoms with Gasteiger partial charge < -0.3 is 4.90 Å². The lowest BCUT2D eigenvalue weighted by Gasteiger charge is -2.16. The first-order chi connectivity index (χ1) is 10.6.